The second-order valence-corrected chi connectivity index (χ2v) is 4.97. The van der Waals surface area contributed by atoms with Gasteiger partial charge in [0.05, 0.1) is 10.7 Å². The zero-order chi connectivity index (χ0) is 14.1. The second-order valence-electron chi connectivity index (χ2n) is 4.03. The lowest BCUT2D eigenvalue weighted by molar-refractivity contribution is -0.384. The highest BCUT2D eigenvalue weighted by Crippen LogP contribution is 2.23. The number of nitrogens with zero attached hydrogens (tertiary/aromatic N) is 4. The molecule has 0 atom stereocenters. The summed E-state index contributed by atoms with van der Waals surface area (Å²) in [6.45, 7) is 0. The third kappa shape index (κ3) is 2.32. The molecule has 1 aliphatic heterocycles. The van der Waals surface area contributed by atoms with Gasteiger partial charge in [0.15, 0.2) is 11.0 Å². The summed E-state index contributed by atoms with van der Waals surface area (Å²) in [6.07, 6.45) is 3.41. The highest BCUT2D eigenvalue weighted by Gasteiger charge is 2.22. The molecule has 0 radical (unpaired) electrons. The zero-order valence-corrected chi connectivity index (χ0v) is 10.9. The minimum Gasteiger partial charge on any atom is -0.271 e. The number of carbonyl (C=O) groups is 1. The maximum absolute atomic E-state index is 11.4. The minimum absolute atomic E-state index is 0.0447. The Morgan fingerprint density at radius 2 is 2.05 bits per heavy atom. The van der Waals surface area contributed by atoms with Crippen LogP contribution in [0.5, 0.6) is 0 Å². The quantitative estimate of drug-likeness (QED) is 0.634. The maximum atomic E-state index is 11.4. The van der Waals surface area contributed by atoms with Crippen LogP contribution in [0.1, 0.15) is 16.2 Å². The van der Waals surface area contributed by atoms with E-state index in [0.29, 0.717) is 16.7 Å². The fraction of sp³-hybridized carbons (Fsp3) is 0.0833. The lowest BCUT2D eigenvalue weighted by Gasteiger charge is -1.93. The predicted molar refractivity (Wildman–Crippen MR) is 73.4 cm³/mol. The number of fused-ring (bicyclic) bond motifs is 1. The van der Waals surface area contributed by atoms with E-state index in [9.17, 15) is 14.9 Å². The van der Waals surface area contributed by atoms with Crippen LogP contribution in [0.25, 0.3) is 12.2 Å². The van der Waals surface area contributed by atoms with Crippen molar-refractivity contribution in [1.29, 1.82) is 0 Å². The van der Waals surface area contributed by atoms with Crippen molar-refractivity contribution in [3.8, 4) is 0 Å². The molecule has 2 aromatic rings. The Kier molecular flexibility index (Phi) is 3.07. The molecule has 0 fully saturated rings. The first-order valence-corrected chi connectivity index (χ1v) is 6.67. The Morgan fingerprint density at radius 1 is 1.30 bits per heavy atom. The molecule has 0 N–H and O–H groups in total. The molecule has 2 heterocycles. The van der Waals surface area contributed by atoms with E-state index in [1.165, 1.54) is 28.6 Å². The molecule has 3 rings (SSSR count). The largest absolute Gasteiger partial charge is 0.271 e. The van der Waals surface area contributed by atoms with Crippen molar-refractivity contribution in [3.05, 3.63) is 45.8 Å². The molecule has 100 valence electrons. The van der Waals surface area contributed by atoms with Crippen molar-refractivity contribution < 1.29 is 9.72 Å². The third-order valence-electron chi connectivity index (χ3n) is 2.68. The van der Waals surface area contributed by atoms with Crippen LogP contribution in [0.3, 0.4) is 0 Å². The van der Waals surface area contributed by atoms with Gasteiger partial charge < -0.3 is 0 Å². The predicted octanol–water partition coefficient (Wildman–Crippen LogP) is 2.10. The molecule has 7 nitrogen and oxygen atoms in total. The molecule has 0 bridgehead atoms. The van der Waals surface area contributed by atoms with Gasteiger partial charge in [0.1, 0.15) is 0 Å². The Bertz CT molecular complexity index is 721. The molecule has 0 amide bonds. The number of rotatable bonds is 3. The van der Waals surface area contributed by atoms with Gasteiger partial charge in [-0.3, -0.25) is 14.9 Å². The molecular formula is C12H8N4O3S. The van der Waals surface area contributed by atoms with E-state index in [1.54, 1.807) is 24.3 Å². The number of hydrogen-bond acceptors (Lipinski definition) is 6. The van der Waals surface area contributed by atoms with E-state index < -0.39 is 4.92 Å². The molecule has 0 aliphatic carbocycles. The monoisotopic (exact) mass is 288 g/mol. The van der Waals surface area contributed by atoms with E-state index in [2.05, 4.69) is 10.1 Å². The molecule has 1 aromatic carbocycles. The molecule has 0 saturated carbocycles. The van der Waals surface area contributed by atoms with Gasteiger partial charge in [-0.25, -0.2) is 4.98 Å². The van der Waals surface area contributed by atoms with Crippen LogP contribution in [-0.2, 0) is 0 Å². The van der Waals surface area contributed by atoms with Gasteiger partial charge in [-0.2, -0.15) is 4.68 Å². The SMILES string of the molecule is O=C1CSc2nc(/C=C/c3ccc([N+](=O)[O-])cc3)nn21. The van der Waals surface area contributed by atoms with Crippen molar-refractivity contribution in [1.82, 2.24) is 14.8 Å². The van der Waals surface area contributed by atoms with Crippen LogP contribution in [-0.4, -0.2) is 31.3 Å². The number of thioether (sulfide) groups is 1. The first-order valence-electron chi connectivity index (χ1n) is 5.69. The topological polar surface area (TPSA) is 90.9 Å². The Morgan fingerprint density at radius 3 is 2.70 bits per heavy atom. The van der Waals surface area contributed by atoms with Crippen molar-refractivity contribution in [3.63, 3.8) is 0 Å². The number of non-ortho nitro benzene ring substituents is 1. The van der Waals surface area contributed by atoms with Crippen LogP contribution in [0.4, 0.5) is 5.69 Å². The Balaban J connectivity index is 1.79. The standard InChI is InChI=1S/C12H8N4O3S/c17-11-7-20-12-13-10(14-15(11)12)6-3-8-1-4-9(5-2-8)16(18)19/h1-6H,7H2/b6-3+. The van der Waals surface area contributed by atoms with Gasteiger partial charge in [-0.05, 0) is 23.8 Å². The Hall–Kier alpha value is -2.48. The molecule has 0 saturated heterocycles. The van der Waals surface area contributed by atoms with E-state index in [1.807, 2.05) is 0 Å². The van der Waals surface area contributed by atoms with Crippen molar-refractivity contribution in [2.75, 3.05) is 5.75 Å². The van der Waals surface area contributed by atoms with Crippen LogP contribution in [0, 0.1) is 10.1 Å². The normalized spacial score (nSPS) is 13.9. The summed E-state index contributed by atoms with van der Waals surface area (Å²) in [5, 5.41) is 15.2. The van der Waals surface area contributed by atoms with Crippen molar-refractivity contribution in [2.45, 2.75) is 5.16 Å². The molecule has 1 aromatic heterocycles. The fourth-order valence-electron chi connectivity index (χ4n) is 1.70. The number of hydrogen-bond donors (Lipinski definition) is 0. The van der Waals surface area contributed by atoms with E-state index in [0.717, 1.165) is 5.56 Å². The first-order chi connectivity index (χ1) is 9.63. The highest BCUT2D eigenvalue weighted by molar-refractivity contribution is 8.00. The van der Waals surface area contributed by atoms with E-state index >= 15 is 0 Å². The van der Waals surface area contributed by atoms with Gasteiger partial charge in [0.2, 0.25) is 0 Å². The summed E-state index contributed by atoms with van der Waals surface area (Å²) in [5.41, 5.74) is 0.841. The van der Waals surface area contributed by atoms with Gasteiger partial charge in [-0.1, -0.05) is 17.8 Å². The van der Waals surface area contributed by atoms with Crippen LogP contribution in [0.2, 0.25) is 0 Å². The average Bonchev–Trinajstić information content (AvgIpc) is 2.99. The summed E-state index contributed by atoms with van der Waals surface area (Å²) in [4.78, 5) is 25.7. The lowest BCUT2D eigenvalue weighted by Crippen LogP contribution is -2.08. The number of carbonyl (C=O) groups excluding carboxylic acids is 1. The number of aromatic nitrogens is 3. The van der Waals surface area contributed by atoms with Crippen LogP contribution in [0.15, 0.2) is 29.4 Å². The smallest absolute Gasteiger partial charge is 0.269 e. The molecule has 20 heavy (non-hydrogen) atoms. The van der Waals surface area contributed by atoms with E-state index in [4.69, 9.17) is 0 Å². The molecule has 1 aliphatic rings. The summed E-state index contributed by atoms with van der Waals surface area (Å²) in [5.74, 6) is 0.744. The number of benzene rings is 1. The minimum atomic E-state index is -0.447. The van der Waals surface area contributed by atoms with Crippen molar-refractivity contribution in [2.24, 2.45) is 0 Å². The van der Waals surface area contributed by atoms with Gasteiger partial charge in [0, 0.05) is 12.1 Å². The Labute approximate surface area is 117 Å². The van der Waals surface area contributed by atoms with Crippen molar-refractivity contribution >= 4 is 35.5 Å². The molecule has 0 unspecified atom stereocenters. The van der Waals surface area contributed by atoms with Crippen LogP contribution >= 0.6 is 11.8 Å². The van der Waals surface area contributed by atoms with Gasteiger partial charge in [0.25, 0.3) is 11.6 Å². The number of nitro groups is 1. The second kappa shape index (κ2) is 4.89. The highest BCUT2D eigenvalue weighted by atomic mass is 32.2. The van der Waals surface area contributed by atoms with Gasteiger partial charge >= 0.3 is 0 Å². The molecule has 0 spiro atoms. The number of nitro benzene ring substituents is 1. The summed E-state index contributed by atoms with van der Waals surface area (Å²) < 4.78 is 1.29. The van der Waals surface area contributed by atoms with E-state index in [-0.39, 0.29) is 11.6 Å². The summed E-state index contributed by atoms with van der Waals surface area (Å²) in [6, 6.07) is 6.13. The fourth-order valence-corrected chi connectivity index (χ4v) is 2.50. The summed E-state index contributed by atoms with van der Waals surface area (Å²) in [7, 11) is 0. The lowest BCUT2D eigenvalue weighted by atomic mass is 10.2. The maximum Gasteiger partial charge on any atom is 0.269 e. The van der Waals surface area contributed by atoms with Crippen LogP contribution < -0.4 is 0 Å². The molecule has 8 heteroatoms. The summed E-state index contributed by atoms with van der Waals surface area (Å²) >= 11 is 1.35. The average molecular weight is 288 g/mol. The first kappa shape index (κ1) is 12.5. The third-order valence-corrected chi connectivity index (χ3v) is 3.60. The molecular weight excluding hydrogens is 280 g/mol. The van der Waals surface area contributed by atoms with Gasteiger partial charge in [-0.15, -0.1) is 5.10 Å². The zero-order valence-electron chi connectivity index (χ0n) is 10.1.